The maximum Gasteiger partial charge on any atom is 0.312 e. The second-order valence-corrected chi connectivity index (χ2v) is 3.62. The molecule has 1 N–H and O–H groups in total. The van der Waals surface area contributed by atoms with E-state index < -0.39 is 4.45 Å². The van der Waals surface area contributed by atoms with Crippen LogP contribution in [0, 0.1) is 4.91 Å². The molecule has 0 spiro atoms. The summed E-state index contributed by atoms with van der Waals surface area (Å²) in [6.07, 6.45) is 0. The van der Waals surface area contributed by atoms with Crippen LogP contribution in [0.25, 0.3) is 0 Å². The third kappa shape index (κ3) is 2.56. The van der Waals surface area contributed by atoms with Crippen molar-refractivity contribution in [3.63, 3.8) is 0 Å². The fourth-order valence-electron chi connectivity index (χ4n) is 0. The SMILES string of the molecule is CC(C)(Br)[N+](=O)O. The van der Waals surface area contributed by atoms with Crippen LogP contribution < -0.4 is 0 Å². The number of halogens is 1. The molecule has 3 nitrogen and oxygen atoms in total. The van der Waals surface area contributed by atoms with Crippen LogP contribution in [0.15, 0.2) is 0 Å². The van der Waals surface area contributed by atoms with Crippen molar-refractivity contribution < 1.29 is 10.1 Å². The second kappa shape index (κ2) is 1.78. The fraction of sp³-hybridized carbons (Fsp3) is 1.00. The van der Waals surface area contributed by atoms with Gasteiger partial charge in [-0.25, -0.2) is 5.21 Å². The summed E-state index contributed by atoms with van der Waals surface area (Å²) in [5.74, 6) is 0. The van der Waals surface area contributed by atoms with E-state index in [-0.39, 0.29) is 4.92 Å². The Hall–Kier alpha value is -0.120. The number of hydrogen-bond acceptors (Lipinski definition) is 1. The summed E-state index contributed by atoms with van der Waals surface area (Å²) in [7, 11) is 0. The van der Waals surface area contributed by atoms with Gasteiger partial charge in [0.2, 0.25) is 4.92 Å². The highest BCUT2D eigenvalue weighted by atomic mass is 79.9. The van der Waals surface area contributed by atoms with E-state index in [0.29, 0.717) is 0 Å². The Balaban J connectivity index is 3.79. The van der Waals surface area contributed by atoms with Gasteiger partial charge in [-0.3, -0.25) is 0 Å². The zero-order valence-corrected chi connectivity index (χ0v) is 5.77. The number of nitrogens with zero attached hydrogens (tertiary/aromatic N) is 1. The summed E-state index contributed by atoms with van der Waals surface area (Å²) in [5, 5.41) is 8.12. The largest absolute Gasteiger partial charge is 0.312 e. The molecule has 0 aromatic carbocycles. The molecular weight excluding hydrogens is 162 g/mol. The average molecular weight is 169 g/mol. The molecule has 0 atom stereocenters. The van der Waals surface area contributed by atoms with Gasteiger partial charge in [0.25, 0.3) is 0 Å². The summed E-state index contributed by atoms with van der Waals surface area (Å²) in [5.41, 5.74) is 0. The lowest BCUT2D eigenvalue weighted by Gasteiger charge is -1.95. The maximum atomic E-state index is 9.89. The molecule has 0 fully saturated rings. The van der Waals surface area contributed by atoms with Crippen LogP contribution in [-0.4, -0.2) is 14.6 Å². The zero-order chi connectivity index (χ0) is 6.08. The Kier molecular flexibility index (Phi) is 1.75. The molecule has 0 heterocycles. The van der Waals surface area contributed by atoms with Gasteiger partial charge >= 0.3 is 4.45 Å². The smallest absolute Gasteiger partial charge is 0.245 e. The molecule has 0 aromatic heterocycles. The van der Waals surface area contributed by atoms with Crippen LogP contribution in [-0.2, 0) is 0 Å². The highest BCUT2D eigenvalue weighted by Gasteiger charge is 2.31. The van der Waals surface area contributed by atoms with Gasteiger partial charge in [0.05, 0.1) is 4.91 Å². The lowest BCUT2D eigenvalue weighted by molar-refractivity contribution is -0.819. The molecule has 0 radical (unpaired) electrons. The topological polar surface area (TPSA) is 40.3 Å². The summed E-state index contributed by atoms with van der Waals surface area (Å²) in [6, 6.07) is 0. The van der Waals surface area contributed by atoms with Gasteiger partial charge in [-0.1, -0.05) is 0 Å². The van der Waals surface area contributed by atoms with Gasteiger partial charge in [0, 0.05) is 29.8 Å². The minimum atomic E-state index is -0.854. The molecule has 0 aliphatic carbocycles. The van der Waals surface area contributed by atoms with Crippen molar-refractivity contribution in [2.24, 2.45) is 0 Å². The van der Waals surface area contributed by atoms with Crippen LogP contribution in [0.4, 0.5) is 0 Å². The van der Waals surface area contributed by atoms with Gasteiger partial charge < -0.3 is 0 Å². The summed E-state index contributed by atoms with van der Waals surface area (Å²) in [4.78, 5) is 9.74. The highest BCUT2D eigenvalue weighted by molar-refractivity contribution is 9.10. The Bertz CT molecular complexity index is 85.4. The van der Waals surface area contributed by atoms with E-state index in [2.05, 4.69) is 15.9 Å². The molecule has 0 saturated heterocycles. The van der Waals surface area contributed by atoms with Crippen LogP contribution >= 0.6 is 15.9 Å². The van der Waals surface area contributed by atoms with Crippen LogP contribution in [0.3, 0.4) is 0 Å². The molecule has 0 aliphatic heterocycles. The number of hydrogen-bond donors (Lipinski definition) is 1. The Labute approximate surface area is 50.0 Å². The van der Waals surface area contributed by atoms with Crippen molar-refractivity contribution in [1.29, 1.82) is 0 Å². The van der Waals surface area contributed by atoms with E-state index >= 15 is 0 Å². The van der Waals surface area contributed by atoms with E-state index in [1.54, 1.807) is 13.8 Å². The first-order valence-corrected chi connectivity index (χ1v) is 2.59. The first-order chi connectivity index (χ1) is 2.94. The monoisotopic (exact) mass is 168 g/mol. The minimum absolute atomic E-state index is 0.146. The Morgan fingerprint density at radius 1 is 1.71 bits per heavy atom. The number of alkyl halides is 1. The molecule has 7 heavy (non-hydrogen) atoms. The molecule has 0 unspecified atom stereocenters. The van der Waals surface area contributed by atoms with Crippen molar-refractivity contribution in [1.82, 2.24) is 0 Å². The molecule has 0 bridgehead atoms. The first-order valence-electron chi connectivity index (χ1n) is 1.80. The highest BCUT2D eigenvalue weighted by Crippen LogP contribution is 2.13. The molecule has 0 saturated carbocycles. The maximum absolute atomic E-state index is 9.89. The van der Waals surface area contributed by atoms with Crippen molar-refractivity contribution in [2.75, 3.05) is 0 Å². The number of rotatable bonds is 1. The second-order valence-electron chi connectivity index (χ2n) is 1.68. The average Bonchev–Trinajstić information content (AvgIpc) is 1.31. The van der Waals surface area contributed by atoms with E-state index in [1.165, 1.54) is 0 Å². The summed E-state index contributed by atoms with van der Waals surface area (Å²) >= 11 is 2.91. The Morgan fingerprint density at radius 2 is 1.86 bits per heavy atom. The lowest BCUT2D eigenvalue weighted by Crippen LogP contribution is -2.23. The Morgan fingerprint density at radius 3 is 1.86 bits per heavy atom. The lowest BCUT2D eigenvalue weighted by atomic mass is 10.4. The van der Waals surface area contributed by atoms with Crippen molar-refractivity contribution >= 4 is 15.9 Å². The van der Waals surface area contributed by atoms with E-state index in [1.807, 2.05) is 0 Å². The quantitative estimate of drug-likeness (QED) is 0.365. The van der Waals surface area contributed by atoms with Gasteiger partial charge in [0.1, 0.15) is 0 Å². The van der Waals surface area contributed by atoms with E-state index in [9.17, 15) is 4.91 Å². The normalized spacial score (nSPS) is 11.3. The third-order valence-electron chi connectivity index (χ3n) is 0.455. The predicted octanol–water partition coefficient (Wildman–Crippen LogP) is 1.29. The first kappa shape index (κ1) is 6.88. The molecule has 0 rings (SSSR count). The molecule has 0 aliphatic rings. The van der Waals surface area contributed by atoms with E-state index in [0.717, 1.165) is 0 Å². The molecule has 0 amide bonds. The molecule has 42 valence electrons. The van der Waals surface area contributed by atoms with Gasteiger partial charge in [-0.2, -0.15) is 0 Å². The third-order valence-corrected chi connectivity index (χ3v) is 0.758. The van der Waals surface area contributed by atoms with Gasteiger partial charge in [-0.15, -0.1) is 0 Å². The van der Waals surface area contributed by atoms with E-state index in [4.69, 9.17) is 5.21 Å². The van der Waals surface area contributed by atoms with Crippen molar-refractivity contribution in [2.45, 2.75) is 18.3 Å². The predicted molar refractivity (Wildman–Crippen MR) is 28.4 cm³/mol. The zero-order valence-electron chi connectivity index (χ0n) is 4.18. The van der Waals surface area contributed by atoms with Crippen molar-refractivity contribution in [3.8, 4) is 0 Å². The molecular formula is C3H7BrNO2+. The summed E-state index contributed by atoms with van der Waals surface area (Å²) in [6.45, 7) is 3.08. The van der Waals surface area contributed by atoms with Gasteiger partial charge in [-0.05, 0) is 0 Å². The van der Waals surface area contributed by atoms with Crippen molar-refractivity contribution in [3.05, 3.63) is 4.91 Å². The molecule has 4 heteroatoms. The van der Waals surface area contributed by atoms with Crippen LogP contribution in [0.1, 0.15) is 13.8 Å². The van der Waals surface area contributed by atoms with Crippen LogP contribution in [0.5, 0.6) is 0 Å². The standard InChI is InChI=1S/C3H7BrNO2/c1-3(2,4)5(6)7/h1-2H3,(H,6,7)/q+1. The molecule has 0 aromatic rings. The van der Waals surface area contributed by atoms with Crippen LogP contribution in [0.2, 0.25) is 0 Å². The van der Waals surface area contributed by atoms with Gasteiger partial charge in [0.15, 0.2) is 0 Å². The summed E-state index contributed by atoms with van der Waals surface area (Å²) < 4.78 is -0.854. The minimum Gasteiger partial charge on any atom is -0.245 e. The fourth-order valence-corrected chi connectivity index (χ4v) is 0.